The van der Waals surface area contributed by atoms with Gasteiger partial charge in [0.25, 0.3) is 5.91 Å². The summed E-state index contributed by atoms with van der Waals surface area (Å²) in [7, 11) is 0. The van der Waals surface area contributed by atoms with E-state index >= 15 is 0 Å². The summed E-state index contributed by atoms with van der Waals surface area (Å²) in [5.41, 5.74) is 2.37. The van der Waals surface area contributed by atoms with Gasteiger partial charge >= 0.3 is 0 Å². The molecule has 0 atom stereocenters. The van der Waals surface area contributed by atoms with Crippen molar-refractivity contribution in [3.8, 4) is 11.5 Å². The predicted molar refractivity (Wildman–Crippen MR) is 103 cm³/mol. The number of amides is 1. The monoisotopic (exact) mass is 388 g/mol. The van der Waals surface area contributed by atoms with Crippen molar-refractivity contribution in [1.29, 1.82) is 0 Å². The third-order valence-electron chi connectivity index (χ3n) is 4.58. The first-order valence-electron chi connectivity index (χ1n) is 8.98. The Bertz CT molecular complexity index is 819. The Hall–Kier alpha value is -2.28. The Labute approximate surface area is 163 Å². The molecule has 2 heterocycles. The second-order valence-corrected chi connectivity index (χ2v) is 6.93. The van der Waals surface area contributed by atoms with Gasteiger partial charge in [0.1, 0.15) is 13.2 Å². The van der Waals surface area contributed by atoms with E-state index in [-0.39, 0.29) is 5.91 Å². The van der Waals surface area contributed by atoms with E-state index in [0.717, 1.165) is 38.5 Å². The Balaban J connectivity index is 1.41. The molecule has 4 rings (SSSR count). The summed E-state index contributed by atoms with van der Waals surface area (Å²) in [5.74, 6) is 0.751. The molecule has 0 aliphatic carbocycles. The van der Waals surface area contributed by atoms with Crippen LogP contribution in [-0.2, 0) is 11.3 Å². The van der Waals surface area contributed by atoms with Crippen LogP contribution in [0.25, 0.3) is 0 Å². The number of carbonyl (C=O) groups excluding carboxylic acids is 1. The second kappa shape index (κ2) is 8.17. The molecular weight excluding hydrogens is 368 g/mol. The van der Waals surface area contributed by atoms with Crippen molar-refractivity contribution >= 4 is 23.2 Å². The quantitative estimate of drug-likeness (QED) is 0.871. The van der Waals surface area contributed by atoms with Crippen LogP contribution in [0.4, 0.5) is 5.69 Å². The molecule has 0 radical (unpaired) electrons. The van der Waals surface area contributed by atoms with Gasteiger partial charge in [-0.15, -0.1) is 0 Å². The SMILES string of the molecule is O=C(Nc1ccc(CN2CCOCC2)cc1)c1cc(Cl)c2c(c1)OCCO2. The Morgan fingerprint density at radius 2 is 1.78 bits per heavy atom. The van der Waals surface area contributed by atoms with E-state index in [4.69, 9.17) is 25.8 Å². The van der Waals surface area contributed by atoms with Crippen molar-refractivity contribution in [2.45, 2.75) is 6.54 Å². The lowest BCUT2D eigenvalue weighted by atomic mass is 10.1. The molecule has 2 aliphatic rings. The average molecular weight is 389 g/mol. The van der Waals surface area contributed by atoms with Gasteiger partial charge in [0, 0.05) is 30.9 Å². The first-order chi connectivity index (χ1) is 13.2. The van der Waals surface area contributed by atoms with E-state index in [1.54, 1.807) is 12.1 Å². The van der Waals surface area contributed by atoms with E-state index in [1.165, 1.54) is 5.56 Å². The molecule has 2 aromatic rings. The fourth-order valence-corrected chi connectivity index (χ4v) is 3.42. The number of halogens is 1. The molecule has 1 amide bonds. The van der Waals surface area contributed by atoms with Crippen LogP contribution in [-0.4, -0.2) is 50.3 Å². The second-order valence-electron chi connectivity index (χ2n) is 6.52. The van der Waals surface area contributed by atoms with Gasteiger partial charge in [0.05, 0.1) is 18.2 Å². The van der Waals surface area contributed by atoms with Gasteiger partial charge in [-0.25, -0.2) is 0 Å². The molecule has 142 valence electrons. The number of hydrogen-bond donors (Lipinski definition) is 1. The van der Waals surface area contributed by atoms with E-state index in [1.807, 2.05) is 24.3 Å². The molecule has 0 bridgehead atoms. The molecule has 1 saturated heterocycles. The topological polar surface area (TPSA) is 60.0 Å². The van der Waals surface area contributed by atoms with Gasteiger partial charge in [0.15, 0.2) is 11.5 Å². The summed E-state index contributed by atoms with van der Waals surface area (Å²) in [6.45, 7) is 5.24. The average Bonchev–Trinajstić information content (AvgIpc) is 2.70. The van der Waals surface area contributed by atoms with E-state index in [2.05, 4.69) is 10.2 Å². The molecule has 0 unspecified atom stereocenters. The fraction of sp³-hybridized carbons (Fsp3) is 0.350. The maximum atomic E-state index is 12.6. The minimum Gasteiger partial charge on any atom is -0.486 e. The number of hydrogen-bond acceptors (Lipinski definition) is 5. The molecule has 0 spiro atoms. The van der Waals surface area contributed by atoms with Crippen LogP contribution in [0.3, 0.4) is 0 Å². The van der Waals surface area contributed by atoms with Crippen LogP contribution in [0, 0.1) is 0 Å². The molecule has 1 fully saturated rings. The van der Waals surface area contributed by atoms with Gasteiger partial charge in [-0.05, 0) is 29.8 Å². The van der Waals surface area contributed by atoms with Crippen LogP contribution in [0.2, 0.25) is 5.02 Å². The standard InChI is InChI=1S/C20H21ClN2O4/c21-17-11-15(12-18-19(17)27-10-9-26-18)20(24)22-16-3-1-14(2-4-16)13-23-5-7-25-8-6-23/h1-4,11-12H,5-10,13H2,(H,22,24). The highest BCUT2D eigenvalue weighted by molar-refractivity contribution is 6.32. The Morgan fingerprint density at radius 3 is 2.56 bits per heavy atom. The first kappa shape index (κ1) is 18.1. The van der Waals surface area contributed by atoms with Crippen LogP contribution in [0.15, 0.2) is 36.4 Å². The number of benzene rings is 2. The first-order valence-corrected chi connectivity index (χ1v) is 9.36. The van der Waals surface area contributed by atoms with Gasteiger partial charge in [-0.1, -0.05) is 23.7 Å². The number of nitrogens with zero attached hydrogens (tertiary/aromatic N) is 1. The normalized spacial score (nSPS) is 16.8. The highest BCUT2D eigenvalue weighted by Crippen LogP contribution is 2.38. The fourth-order valence-electron chi connectivity index (χ4n) is 3.16. The number of nitrogens with one attached hydrogen (secondary N) is 1. The molecular formula is C20H21ClN2O4. The number of morpholine rings is 1. The zero-order valence-electron chi connectivity index (χ0n) is 14.9. The van der Waals surface area contributed by atoms with Crippen LogP contribution >= 0.6 is 11.6 Å². The maximum absolute atomic E-state index is 12.6. The number of anilines is 1. The van der Waals surface area contributed by atoms with Gasteiger partial charge in [-0.2, -0.15) is 0 Å². The van der Waals surface area contributed by atoms with Crippen molar-refractivity contribution in [3.63, 3.8) is 0 Å². The van der Waals surface area contributed by atoms with Crippen molar-refractivity contribution < 1.29 is 19.0 Å². The molecule has 2 aromatic carbocycles. The van der Waals surface area contributed by atoms with Crippen molar-refractivity contribution in [2.24, 2.45) is 0 Å². The van der Waals surface area contributed by atoms with Gasteiger partial charge < -0.3 is 19.5 Å². The molecule has 0 saturated carbocycles. The van der Waals surface area contributed by atoms with E-state index in [0.29, 0.717) is 35.3 Å². The molecule has 2 aliphatic heterocycles. The Kier molecular flexibility index (Phi) is 5.48. The molecule has 0 aromatic heterocycles. The van der Waals surface area contributed by atoms with Crippen LogP contribution in [0.1, 0.15) is 15.9 Å². The molecule has 7 heteroatoms. The molecule has 1 N–H and O–H groups in total. The lowest BCUT2D eigenvalue weighted by Crippen LogP contribution is -2.35. The van der Waals surface area contributed by atoms with Crippen LogP contribution < -0.4 is 14.8 Å². The third-order valence-corrected chi connectivity index (χ3v) is 4.86. The number of ether oxygens (including phenoxy) is 3. The minimum atomic E-state index is -0.241. The van der Waals surface area contributed by atoms with E-state index < -0.39 is 0 Å². The third kappa shape index (κ3) is 4.35. The number of rotatable bonds is 4. The highest BCUT2D eigenvalue weighted by Gasteiger charge is 2.19. The summed E-state index contributed by atoms with van der Waals surface area (Å²) >= 11 is 6.21. The number of carbonyl (C=O) groups is 1. The summed E-state index contributed by atoms with van der Waals surface area (Å²) in [6.07, 6.45) is 0. The lowest BCUT2D eigenvalue weighted by Gasteiger charge is -2.26. The zero-order valence-corrected chi connectivity index (χ0v) is 15.6. The Morgan fingerprint density at radius 1 is 1.04 bits per heavy atom. The minimum absolute atomic E-state index is 0.241. The molecule has 6 nitrogen and oxygen atoms in total. The van der Waals surface area contributed by atoms with Gasteiger partial charge in [0.2, 0.25) is 0 Å². The maximum Gasteiger partial charge on any atom is 0.255 e. The van der Waals surface area contributed by atoms with Crippen molar-refractivity contribution in [2.75, 3.05) is 44.8 Å². The summed E-state index contributed by atoms with van der Waals surface area (Å²) in [6, 6.07) is 11.1. The van der Waals surface area contributed by atoms with E-state index in [9.17, 15) is 4.79 Å². The number of fused-ring (bicyclic) bond motifs is 1. The van der Waals surface area contributed by atoms with Gasteiger partial charge in [-0.3, -0.25) is 9.69 Å². The summed E-state index contributed by atoms with van der Waals surface area (Å²) in [5, 5.41) is 3.27. The molecule has 27 heavy (non-hydrogen) atoms. The highest BCUT2D eigenvalue weighted by atomic mass is 35.5. The smallest absolute Gasteiger partial charge is 0.255 e. The summed E-state index contributed by atoms with van der Waals surface area (Å²) in [4.78, 5) is 14.9. The van der Waals surface area contributed by atoms with Crippen molar-refractivity contribution in [1.82, 2.24) is 4.90 Å². The lowest BCUT2D eigenvalue weighted by molar-refractivity contribution is 0.0342. The largest absolute Gasteiger partial charge is 0.486 e. The van der Waals surface area contributed by atoms with Crippen LogP contribution in [0.5, 0.6) is 11.5 Å². The summed E-state index contributed by atoms with van der Waals surface area (Å²) < 4.78 is 16.4. The van der Waals surface area contributed by atoms with Crippen molar-refractivity contribution in [3.05, 3.63) is 52.5 Å². The predicted octanol–water partition coefficient (Wildman–Crippen LogP) is 3.20. The zero-order chi connectivity index (χ0) is 18.6.